The van der Waals surface area contributed by atoms with Crippen molar-refractivity contribution in [3.8, 4) is 11.4 Å². The summed E-state index contributed by atoms with van der Waals surface area (Å²) in [6.45, 7) is 6.31. The third kappa shape index (κ3) is 6.98. The number of rotatable bonds is 12. The molecule has 0 spiro atoms. The molecule has 2 aliphatic heterocycles. The summed E-state index contributed by atoms with van der Waals surface area (Å²) in [6.07, 6.45) is 5.18. The Morgan fingerprint density at radius 2 is 1.62 bits per heavy atom. The second-order valence-corrected chi connectivity index (χ2v) is 12.9. The van der Waals surface area contributed by atoms with Crippen molar-refractivity contribution >= 4 is 11.4 Å². The molecule has 262 valence electrons. The molecule has 4 heterocycles. The number of ether oxygens (including phenoxy) is 2. The first-order valence-electron chi connectivity index (χ1n) is 16.9. The zero-order chi connectivity index (χ0) is 34.7. The van der Waals surface area contributed by atoms with Crippen LogP contribution >= 0.6 is 0 Å². The van der Waals surface area contributed by atoms with Crippen molar-refractivity contribution in [2.75, 3.05) is 49.2 Å². The van der Waals surface area contributed by atoms with Crippen molar-refractivity contribution in [3.05, 3.63) is 113 Å². The van der Waals surface area contributed by atoms with Gasteiger partial charge in [0.05, 0.1) is 25.4 Å². The quantitative estimate of drug-likeness (QED) is 0.202. The van der Waals surface area contributed by atoms with E-state index in [2.05, 4.69) is 37.1 Å². The van der Waals surface area contributed by atoms with Crippen LogP contribution in [0, 0.1) is 17.6 Å². The first kappa shape index (κ1) is 33.4. The third-order valence-corrected chi connectivity index (χ3v) is 9.50. The molecule has 14 heteroatoms. The number of hydrogen-bond acceptors (Lipinski definition) is 9. The van der Waals surface area contributed by atoms with Gasteiger partial charge in [-0.15, -0.1) is 0 Å². The summed E-state index contributed by atoms with van der Waals surface area (Å²) in [7, 11) is 0. The fourth-order valence-electron chi connectivity index (χ4n) is 6.88. The van der Waals surface area contributed by atoms with Crippen molar-refractivity contribution in [1.29, 1.82) is 0 Å². The average molecular weight is 687 g/mol. The molecule has 0 aliphatic carbocycles. The minimum atomic E-state index is -1.02. The maximum Gasteiger partial charge on any atom is 0.352 e. The van der Waals surface area contributed by atoms with Gasteiger partial charge >= 0.3 is 5.69 Å². The van der Waals surface area contributed by atoms with Crippen molar-refractivity contribution in [2.45, 2.75) is 44.6 Å². The second-order valence-electron chi connectivity index (χ2n) is 12.9. The molecule has 1 N–H and O–H groups in total. The Labute approximate surface area is 288 Å². The van der Waals surface area contributed by atoms with Gasteiger partial charge in [0.15, 0.2) is 6.23 Å². The van der Waals surface area contributed by atoms with E-state index >= 15 is 0 Å². The second kappa shape index (κ2) is 14.4. The molecule has 2 aliphatic rings. The molecule has 0 saturated carbocycles. The van der Waals surface area contributed by atoms with Crippen LogP contribution in [-0.2, 0) is 16.9 Å². The van der Waals surface area contributed by atoms with Crippen LogP contribution < -0.4 is 20.2 Å². The van der Waals surface area contributed by atoms with Crippen LogP contribution in [0.15, 0.2) is 90.5 Å². The molecule has 3 aromatic carbocycles. The van der Waals surface area contributed by atoms with Crippen LogP contribution in [0.1, 0.15) is 38.0 Å². The summed E-state index contributed by atoms with van der Waals surface area (Å²) in [5, 5.41) is 18.5. The number of piperazine rings is 1. The normalized spacial score (nSPS) is 20.0. The van der Waals surface area contributed by atoms with Crippen molar-refractivity contribution in [3.63, 3.8) is 0 Å². The van der Waals surface area contributed by atoms with Crippen molar-refractivity contribution in [1.82, 2.24) is 29.1 Å². The molecule has 1 unspecified atom stereocenters. The molecule has 3 atom stereocenters. The molecule has 7 rings (SSSR count). The molecule has 2 fully saturated rings. The van der Waals surface area contributed by atoms with E-state index in [0.717, 1.165) is 60.5 Å². The number of aliphatic hydroxyl groups excluding tert-OH is 1. The highest BCUT2D eigenvalue weighted by molar-refractivity contribution is 5.54. The highest BCUT2D eigenvalue weighted by Gasteiger charge is 2.44. The van der Waals surface area contributed by atoms with E-state index in [9.17, 15) is 18.7 Å². The predicted octanol–water partition coefficient (Wildman–Crippen LogP) is 4.53. The lowest BCUT2D eigenvalue weighted by molar-refractivity contribution is -0.0206. The minimum absolute atomic E-state index is 0.0119. The number of halogens is 2. The van der Waals surface area contributed by atoms with E-state index in [1.165, 1.54) is 29.4 Å². The highest BCUT2D eigenvalue weighted by Crippen LogP contribution is 2.42. The number of nitrogens with zero attached hydrogens (tertiary/aromatic N) is 8. The van der Waals surface area contributed by atoms with E-state index in [0.29, 0.717) is 37.3 Å². The molecule has 50 heavy (non-hydrogen) atoms. The van der Waals surface area contributed by atoms with E-state index in [-0.39, 0.29) is 18.2 Å². The van der Waals surface area contributed by atoms with Crippen molar-refractivity contribution < 1.29 is 23.4 Å². The SMILES string of the molecule is CCCC(O)n1ncn(-c2ccc(N3CCN(c4ccc(OC[C@H]5CO[C@](Cn6cncn6)(c6ccc(F)cc6F)C5)cc4)CC3)cc2)c1=O. The highest BCUT2D eigenvalue weighted by atomic mass is 19.1. The van der Waals surface area contributed by atoms with Crippen LogP contribution in [0.4, 0.5) is 20.2 Å². The zero-order valence-electron chi connectivity index (χ0n) is 27.8. The van der Waals surface area contributed by atoms with Gasteiger partial charge in [-0.25, -0.2) is 27.8 Å². The topological polar surface area (TPSA) is 116 Å². The maximum absolute atomic E-state index is 15.0. The summed E-state index contributed by atoms with van der Waals surface area (Å²) in [5.74, 6) is -0.564. The van der Waals surface area contributed by atoms with Crippen LogP contribution in [-0.4, -0.2) is 73.6 Å². The lowest BCUT2D eigenvalue weighted by Crippen LogP contribution is -2.46. The Morgan fingerprint density at radius 1 is 0.940 bits per heavy atom. The molecule has 0 radical (unpaired) electrons. The first-order chi connectivity index (χ1) is 24.3. The minimum Gasteiger partial charge on any atom is -0.493 e. The van der Waals surface area contributed by atoms with Crippen molar-refractivity contribution in [2.24, 2.45) is 5.92 Å². The Morgan fingerprint density at radius 3 is 2.26 bits per heavy atom. The van der Waals surface area contributed by atoms with Crippen LogP contribution in [0.3, 0.4) is 0 Å². The maximum atomic E-state index is 15.0. The number of benzene rings is 3. The fourth-order valence-corrected chi connectivity index (χ4v) is 6.88. The van der Waals surface area contributed by atoms with Gasteiger partial charge in [-0.3, -0.25) is 0 Å². The van der Waals surface area contributed by atoms with Gasteiger partial charge in [-0.1, -0.05) is 19.4 Å². The van der Waals surface area contributed by atoms with E-state index in [1.54, 1.807) is 11.0 Å². The largest absolute Gasteiger partial charge is 0.493 e. The summed E-state index contributed by atoms with van der Waals surface area (Å²) in [6, 6.07) is 19.4. The number of aromatic nitrogens is 6. The fraction of sp³-hybridized carbons (Fsp3) is 0.389. The summed E-state index contributed by atoms with van der Waals surface area (Å²) >= 11 is 0. The number of aliphatic hydroxyl groups is 1. The van der Waals surface area contributed by atoms with Gasteiger partial charge in [0.2, 0.25) is 0 Å². The van der Waals surface area contributed by atoms with Gasteiger partial charge in [0.1, 0.15) is 42.0 Å². The van der Waals surface area contributed by atoms with Gasteiger partial charge in [0, 0.05) is 55.1 Å². The van der Waals surface area contributed by atoms with E-state index in [1.807, 2.05) is 43.3 Å². The summed E-state index contributed by atoms with van der Waals surface area (Å²) in [4.78, 5) is 21.4. The lowest BCUT2D eigenvalue weighted by atomic mass is 9.87. The number of anilines is 2. The smallest absolute Gasteiger partial charge is 0.352 e. The van der Waals surface area contributed by atoms with E-state index in [4.69, 9.17) is 9.47 Å². The third-order valence-electron chi connectivity index (χ3n) is 9.50. The van der Waals surface area contributed by atoms with Gasteiger partial charge in [0.25, 0.3) is 0 Å². The first-order valence-corrected chi connectivity index (χ1v) is 16.9. The molecule has 0 bridgehead atoms. The van der Waals surface area contributed by atoms with Crippen LogP contribution in [0.5, 0.6) is 5.75 Å². The zero-order valence-corrected chi connectivity index (χ0v) is 27.8. The Bertz CT molecular complexity index is 1920. The Balaban J connectivity index is 0.921. The van der Waals surface area contributed by atoms with Crippen LogP contribution in [0.25, 0.3) is 5.69 Å². The average Bonchev–Trinajstić information content (AvgIpc) is 3.89. The molecule has 2 saturated heterocycles. The number of hydrogen-bond donors (Lipinski definition) is 1. The monoisotopic (exact) mass is 686 g/mol. The standard InChI is InChI=1S/C36H40F2N8O4/c1-2-3-34(47)46-35(48)45(25-41-46)30-7-5-28(6-8-30)42-14-16-43(17-15-42)29-9-11-31(12-10-29)49-20-26-19-36(50-21-26,22-44-24-39-23-40-44)32-13-4-27(37)18-33(32)38/h4-13,18,23-26,34,47H,2-3,14-17,19-22H2,1H3/t26-,34?,36+/m0/s1. The Kier molecular flexibility index (Phi) is 9.63. The predicted molar refractivity (Wildman–Crippen MR) is 182 cm³/mol. The van der Waals surface area contributed by atoms with Crippen LogP contribution in [0.2, 0.25) is 0 Å². The molecular formula is C36H40F2N8O4. The summed E-state index contributed by atoms with van der Waals surface area (Å²) in [5.41, 5.74) is 1.79. The Hall–Kier alpha value is -5.08. The molecular weight excluding hydrogens is 646 g/mol. The lowest BCUT2D eigenvalue weighted by Gasteiger charge is -2.37. The van der Waals surface area contributed by atoms with Gasteiger partial charge in [-0.2, -0.15) is 14.9 Å². The molecule has 12 nitrogen and oxygen atoms in total. The molecule has 2 aromatic heterocycles. The molecule has 5 aromatic rings. The van der Waals surface area contributed by atoms with Gasteiger partial charge < -0.3 is 24.4 Å². The summed E-state index contributed by atoms with van der Waals surface area (Å²) < 4.78 is 45.2. The van der Waals surface area contributed by atoms with E-state index < -0.39 is 23.5 Å². The molecule has 0 amide bonds. The van der Waals surface area contributed by atoms with Gasteiger partial charge in [-0.05, 0) is 67.4 Å².